The minimum Gasteiger partial charge on any atom is -0.478 e. The SMILES string of the molecule is CC(C)(Oc1ccc(Cl)cc1)C(=O)Nc1ccc(-c2cc3ccccc3oc2=O)cc1. The first-order chi connectivity index (χ1) is 14.8. The number of carbonyl (C=O) groups is 1. The third kappa shape index (κ3) is 4.62. The lowest BCUT2D eigenvalue weighted by atomic mass is 10.0. The van der Waals surface area contributed by atoms with Gasteiger partial charge in [-0.25, -0.2) is 4.79 Å². The van der Waals surface area contributed by atoms with Crippen LogP contribution in [0.15, 0.2) is 88.1 Å². The molecule has 0 aliphatic rings. The molecule has 0 bridgehead atoms. The standard InChI is InChI=1S/C25H20ClNO4/c1-25(2,31-20-13-9-18(26)10-14-20)24(29)27-19-11-7-16(8-12-19)21-15-17-5-3-4-6-22(17)30-23(21)28/h3-15H,1-2H3,(H,27,29). The highest BCUT2D eigenvalue weighted by molar-refractivity contribution is 6.30. The van der Waals surface area contributed by atoms with Crippen LogP contribution >= 0.6 is 11.6 Å². The Morgan fingerprint density at radius 2 is 1.65 bits per heavy atom. The lowest BCUT2D eigenvalue weighted by Gasteiger charge is -2.25. The second-order valence-electron chi connectivity index (χ2n) is 7.58. The number of para-hydroxylation sites is 1. The molecule has 0 fully saturated rings. The maximum Gasteiger partial charge on any atom is 0.344 e. The Bertz CT molecular complexity index is 1290. The van der Waals surface area contributed by atoms with E-state index in [2.05, 4.69) is 5.32 Å². The van der Waals surface area contributed by atoms with Crippen molar-refractivity contribution in [2.45, 2.75) is 19.4 Å². The number of hydrogen-bond acceptors (Lipinski definition) is 4. The Balaban J connectivity index is 1.50. The lowest BCUT2D eigenvalue weighted by molar-refractivity contribution is -0.128. The average molecular weight is 434 g/mol. The topological polar surface area (TPSA) is 68.5 Å². The van der Waals surface area contributed by atoms with E-state index in [0.717, 1.165) is 5.39 Å². The first-order valence-corrected chi connectivity index (χ1v) is 10.1. The Morgan fingerprint density at radius 3 is 2.35 bits per heavy atom. The zero-order valence-corrected chi connectivity index (χ0v) is 17.8. The van der Waals surface area contributed by atoms with Crippen molar-refractivity contribution in [1.82, 2.24) is 0 Å². The van der Waals surface area contributed by atoms with Crippen LogP contribution in [0.3, 0.4) is 0 Å². The van der Waals surface area contributed by atoms with Crippen LogP contribution in [0, 0.1) is 0 Å². The molecule has 0 saturated heterocycles. The minimum atomic E-state index is -1.11. The van der Waals surface area contributed by atoms with E-state index in [-0.39, 0.29) is 5.91 Å². The Labute approximate surface area is 184 Å². The largest absolute Gasteiger partial charge is 0.478 e. The first-order valence-electron chi connectivity index (χ1n) is 9.71. The molecule has 0 spiro atoms. The van der Waals surface area contributed by atoms with E-state index in [9.17, 15) is 9.59 Å². The molecular formula is C25H20ClNO4. The van der Waals surface area contributed by atoms with Gasteiger partial charge >= 0.3 is 5.63 Å². The summed E-state index contributed by atoms with van der Waals surface area (Å²) in [4.78, 5) is 25.1. The summed E-state index contributed by atoms with van der Waals surface area (Å²) < 4.78 is 11.2. The van der Waals surface area contributed by atoms with E-state index in [1.165, 1.54) is 0 Å². The molecule has 6 heteroatoms. The van der Waals surface area contributed by atoms with Gasteiger partial charge in [-0.2, -0.15) is 0 Å². The molecule has 156 valence electrons. The molecule has 1 N–H and O–H groups in total. The van der Waals surface area contributed by atoms with Crippen molar-refractivity contribution >= 4 is 34.2 Å². The number of nitrogens with one attached hydrogen (secondary N) is 1. The van der Waals surface area contributed by atoms with E-state index in [1.807, 2.05) is 18.2 Å². The van der Waals surface area contributed by atoms with Crippen molar-refractivity contribution in [3.63, 3.8) is 0 Å². The number of carbonyl (C=O) groups excluding carboxylic acids is 1. The molecule has 0 saturated carbocycles. The molecule has 4 aromatic rings. The third-order valence-corrected chi connectivity index (χ3v) is 5.08. The third-order valence-electron chi connectivity index (χ3n) is 4.83. The van der Waals surface area contributed by atoms with Gasteiger partial charge in [0.1, 0.15) is 11.3 Å². The summed E-state index contributed by atoms with van der Waals surface area (Å²) >= 11 is 5.89. The van der Waals surface area contributed by atoms with Gasteiger partial charge in [-0.15, -0.1) is 0 Å². The van der Waals surface area contributed by atoms with E-state index in [0.29, 0.717) is 33.2 Å². The predicted octanol–water partition coefficient (Wildman–Crippen LogP) is 5.91. The zero-order valence-electron chi connectivity index (χ0n) is 17.0. The maximum absolute atomic E-state index is 12.7. The van der Waals surface area contributed by atoms with E-state index in [1.54, 1.807) is 74.5 Å². The number of anilines is 1. The van der Waals surface area contributed by atoms with Gasteiger partial charge in [-0.3, -0.25) is 4.79 Å². The molecule has 4 rings (SSSR count). The number of amides is 1. The molecule has 0 aliphatic carbocycles. The Morgan fingerprint density at radius 1 is 0.968 bits per heavy atom. The van der Waals surface area contributed by atoms with E-state index in [4.69, 9.17) is 20.8 Å². The molecule has 0 atom stereocenters. The smallest absolute Gasteiger partial charge is 0.344 e. The van der Waals surface area contributed by atoms with Crippen molar-refractivity contribution in [2.75, 3.05) is 5.32 Å². The molecule has 31 heavy (non-hydrogen) atoms. The molecule has 0 unspecified atom stereocenters. The van der Waals surface area contributed by atoms with Crippen LogP contribution in [0.2, 0.25) is 5.02 Å². The molecule has 0 radical (unpaired) electrons. The monoisotopic (exact) mass is 433 g/mol. The zero-order chi connectivity index (χ0) is 22.0. The molecule has 1 aromatic heterocycles. The number of hydrogen-bond donors (Lipinski definition) is 1. The highest BCUT2D eigenvalue weighted by atomic mass is 35.5. The number of fused-ring (bicyclic) bond motifs is 1. The number of ether oxygens (including phenoxy) is 1. The summed E-state index contributed by atoms with van der Waals surface area (Å²) in [5.74, 6) is 0.239. The maximum atomic E-state index is 12.7. The average Bonchev–Trinajstić information content (AvgIpc) is 2.75. The fourth-order valence-electron chi connectivity index (χ4n) is 3.12. The molecule has 3 aromatic carbocycles. The van der Waals surface area contributed by atoms with Crippen molar-refractivity contribution < 1.29 is 13.9 Å². The van der Waals surface area contributed by atoms with Gasteiger partial charge in [0.15, 0.2) is 5.60 Å². The number of benzene rings is 3. The van der Waals surface area contributed by atoms with Crippen LogP contribution < -0.4 is 15.7 Å². The van der Waals surface area contributed by atoms with Crippen LogP contribution in [0.25, 0.3) is 22.1 Å². The van der Waals surface area contributed by atoms with Crippen LogP contribution in [-0.4, -0.2) is 11.5 Å². The van der Waals surface area contributed by atoms with Gasteiger partial charge in [0.05, 0.1) is 5.56 Å². The van der Waals surface area contributed by atoms with Crippen LogP contribution in [-0.2, 0) is 4.79 Å². The van der Waals surface area contributed by atoms with Crippen molar-refractivity contribution in [3.05, 3.63) is 94.3 Å². The van der Waals surface area contributed by atoms with Gasteiger partial charge in [0, 0.05) is 16.1 Å². The van der Waals surface area contributed by atoms with Crippen molar-refractivity contribution in [3.8, 4) is 16.9 Å². The summed E-state index contributed by atoms with van der Waals surface area (Å²) in [6, 6.07) is 23.0. The summed E-state index contributed by atoms with van der Waals surface area (Å²) in [7, 11) is 0. The minimum absolute atomic E-state index is 0.305. The van der Waals surface area contributed by atoms with Gasteiger partial charge in [-0.05, 0) is 67.9 Å². The van der Waals surface area contributed by atoms with Crippen LogP contribution in [0.5, 0.6) is 5.75 Å². The summed E-state index contributed by atoms with van der Waals surface area (Å²) in [6.07, 6.45) is 0. The molecule has 1 heterocycles. The van der Waals surface area contributed by atoms with Gasteiger partial charge in [-0.1, -0.05) is 41.9 Å². The van der Waals surface area contributed by atoms with Crippen molar-refractivity contribution in [2.24, 2.45) is 0 Å². The fraction of sp³-hybridized carbons (Fsp3) is 0.120. The molecular weight excluding hydrogens is 414 g/mol. The normalized spacial score (nSPS) is 11.3. The number of halogens is 1. The van der Waals surface area contributed by atoms with Gasteiger partial charge < -0.3 is 14.5 Å². The quantitative estimate of drug-likeness (QED) is 0.397. The van der Waals surface area contributed by atoms with Crippen LogP contribution in [0.4, 0.5) is 5.69 Å². The predicted molar refractivity (Wildman–Crippen MR) is 123 cm³/mol. The van der Waals surface area contributed by atoms with E-state index < -0.39 is 11.2 Å². The highest BCUT2D eigenvalue weighted by Crippen LogP contribution is 2.25. The van der Waals surface area contributed by atoms with E-state index >= 15 is 0 Å². The second kappa shape index (κ2) is 8.28. The summed E-state index contributed by atoms with van der Waals surface area (Å²) in [5, 5.41) is 4.28. The highest BCUT2D eigenvalue weighted by Gasteiger charge is 2.30. The lowest BCUT2D eigenvalue weighted by Crippen LogP contribution is -2.42. The fourth-order valence-corrected chi connectivity index (χ4v) is 3.25. The van der Waals surface area contributed by atoms with Crippen molar-refractivity contribution in [1.29, 1.82) is 0 Å². The second-order valence-corrected chi connectivity index (χ2v) is 8.02. The Hall–Kier alpha value is -3.57. The molecule has 0 aliphatic heterocycles. The summed E-state index contributed by atoms with van der Waals surface area (Å²) in [5.41, 5.74) is 0.784. The first kappa shape index (κ1) is 20.7. The van der Waals surface area contributed by atoms with Gasteiger partial charge in [0.25, 0.3) is 5.91 Å². The van der Waals surface area contributed by atoms with Gasteiger partial charge in [0.2, 0.25) is 0 Å². The molecule has 5 nitrogen and oxygen atoms in total. The summed E-state index contributed by atoms with van der Waals surface area (Å²) in [6.45, 7) is 3.37. The molecule has 1 amide bonds. The Kier molecular flexibility index (Phi) is 5.53. The van der Waals surface area contributed by atoms with Crippen LogP contribution in [0.1, 0.15) is 13.8 Å². The number of rotatable bonds is 5.